The fraction of sp³-hybridized carbons (Fsp3) is 0.250. The Hall–Kier alpha value is -5.39. The molecule has 0 aliphatic carbocycles. The Morgan fingerprint density at radius 1 is 0.804 bits per heavy atom. The Labute approximate surface area is 296 Å². The number of pyridine rings is 1. The first kappa shape index (κ1) is 34.1. The minimum Gasteiger partial charge on any atom is -0.339 e. The standard InChI is InChI=1S/C40H40N6O4S/c1-25(2)38-42-35-17-18-45(23-28-13-14-29-15-16-32(21-33(29)20-28)37-41-26(3)50-43-37)39(47)36(35)46(38)24-27-9-7-10-30(19-27)31-11-8-12-34(22-31)51(48,49)44-40(4,5)6/h7-22,25,44H,23-24H2,1-6H3. The number of fused-ring (bicyclic) bond motifs is 2. The highest BCUT2D eigenvalue weighted by Gasteiger charge is 2.23. The third-order valence-corrected chi connectivity index (χ3v) is 10.4. The van der Waals surface area contributed by atoms with Crippen LogP contribution < -0.4 is 10.3 Å². The Kier molecular flexibility index (Phi) is 8.72. The van der Waals surface area contributed by atoms with Gasteiger partial charge in [-0.05, 0) is 90.2 Å². The average molecular weight is 701 g/mol. The molecule has 0 aliphatic rings. The van der Waals surface area contributed by atoms with Gasteiger partial charge in [0.1, 0.15) is 11.3 Å². The van der Waals surface area contributed by atoms with Crippen LogP contribution in [0.15, 0.2) is 111 Å². The lowest BCUT2D eigenvalue weighted by Crippen LogP contribution is -2.40. The summed E-state index contributed by atoms with van der Waals surface area (Å²) in [5, 5.41) is 6.14. The molecule has 4 aromatic carbocycles. The predicted octanol–water partition coefficient (Wildman–Crippen LogP) is 7.67. The van der Waals surface area contributed by atoms with Gasteiger partial charge in [0.05, 0.1) is 17.0 Å². The van der Waals surface area contributed by atoms with Crippen molar-refractivity contribution >= 4 is 31.8 Å². The number of hydrogen-bond acceptors (Lipinski definition) is 7. The van der Waals surface area contributed by atoms with Gasteiger partial charge in [-0.3, -0.25) is 4.79 Å². The van der Waals surface area contributed by atoms with Crippen molar-refractivity contribution in [1.29, 1.82) is 0 Å². The summed E-state index contributed by atoms with van der Waals surface area (Å²) < 4.78 is 37.8. The van der Waals surface area contributed by atoms with Gasteiger partial charge in [0.15, 0.2) is 0 Å². The topological polar surface area (TPSA) is 125 Å². The highest BCUT2D eigenvalue weighted by atomic mass is 32.2. The molecule has 260 valence electrons. The number of aromatic nitrogens is 5. The second-order valence-electron chi connectivity index (χ2n) is 14.3. The van der Waals surface area contributed by atoms with Crippen LogP contribution in [0, 0.1) is 6.92 Å². The maximum Gasteiger partial charge on any atom is 0.277 e. The van der Waals surface area contributed by atoms with E-state index in [1.165, 1.54) is 0 Å². The monoisotopic (exact) mass is 700 g/mol. The van der Waals surface area contributed by atoms with Crippen LogP contribution in [0.2, 0.25) is 0 Å². The van der Waals surface area contributed by atoms with Crippen molar-refractivity contribution in [3.8, 4) is 22.5 Å². The molecule has 0 saturated heterocycles. The first-order valence-electron chi connectivity index (χ1n) is 16.9. The zero-order valence-corrected chi connectivity index (χ0v) is 30.3. The quantitative estimate of drug-likeness (QED) is 0.164. The number of sulfonamides is 1. The lowest BCUT2D eigenvalue weighted by molar-refractivity contribution is 0.394. The maximum absolute atomic E-state index is 14.2. The zero-order valence-electron chi connectivity index (χ0n) is 29.5. The lowest BCUT2D eigenvalue weighted by atomic mass is 10.0. The predicted molar refractivity (Wildman–Crippen MR) is 200 cm³/mol. The number of nitrogens with one attached hydrogen (secondary N) is 1. The van der Waals surface area contributed by atoms with E-state index >= 15 is 0 Å². The summed E-state index contributed by atoms with van der Waals surface area (Å²) in [6, 6.07) is 29.1. The molecular formula is C40H40N6O4S. The summed E-state index contributed by atoms with van der Waals surface area (Å²) in [5.41, 5.74) is 4.94. The van der Waals surface area contributed by atoms with Gasteiger partial charge < -0.3 is 13.7 Å². The summed E-state index contributed by atoms with van der Waals surface area (Å²) in [6.45, 7) is 12.2. The van der Waals surface area contributed by atoms with Crippen molar-refractivity contribution in [3.05, 3.63) is 130 Å². The molecule has 7 rings (SSSR count). The second kappa shape index (κ2) is 13.1. The van der Waals surface area contributed by atoms with Gasteiger partial charge in [0, 0.05) is 36.7 Å². The molecule has 7 aromatic rings. The van der Waals surface area contributed by atoms with Gasteiger partial charge in [0.25, 0.3) is 5.56 Å². The molecule has 0 saturated carbocycles. The van der Waals surface area contributed by atoms with Crippen LogP contribution in [-0.2, 0) is 23.1 Å². The van der Waals surface area contributed by atoms with E-state index in [4.69, 9.17) is 9.51 Å². The molecule has 0 spiro atoms. The smallest absolute Gasteiger partial charge is 0.277 e. The van der Waals surface area contributed by atoms with Crippen LogP contribution >= 0.6 is 0 Å². The van der Waals surface area contributed by atoms with Crippen molar-refractivity contribution < 1.29 is 12.9 Å². The van der Waals surface area contributed by atoms with E-state index in [1.54, 1.807) is 29.7 Å². The third-order valence-electron chi connectivity index (χ3n) is 8.65. The number of imidazole rings is 1. The third kappa shape index (κ3) is 7.13. The van der Waals surface area contributed by atoms with Crippen molar-refractivity contribution in [3.63, 3.8) is 0 Å². The van der Waals surface area contributed by atoms with Crippen LogP contribution in [-0.4, -0.2) is 38.2 Å². The van der Waals surface area contributed by atoms with E-state index in [0.717, 1.165) is 44.4 Å². The summed E-state index contributed by atoms with van der Waals surface area (Å²) in [7, 11) is -3.70. The zero-order chi connectivity index (χ0) is 36.1. The molecule has 3 heterocycles. The number of hydrogen-bond donors (Lipinski definition) is 1. The van der Waals surface area contributed by atoms with Crippen molar-refractivity contribution in [2.75, 3.05) is 0 Å². The van der Waals surface area contributed by atoms with Crippen LogP contribution in [0.25, 0.3) is 44.3 Å². The molecule has 3 aromatic heterocycles. The molecule has 11 heteroatoms. The number of nitrogens with zero attached hydrogens (tertiary/aromatic N) is 5. The van der Waals surface area contributed by atoms with Crippen LogP contribution in [0.4, 0.5) is 0 Å². The average Bonchev–Trinajstić information content (AvgIpc) is 3.69. The van der Waals surface area contributed by atoms with Gasteiger partial charge in [0.2, 0.25) is 21.7 Å². The SMILES string of the molecule is Cc1nc(-c2ccc3ccc(Cn4ccc5nc(C(C)C)n(Cc6cccc(-c7cccc(S(=O)(=O)NC(C)(C)C)c7)c6)c5c4=O)cc3c2)no1. The second-order valence-corrected chi connectivity index (χ2v) is 16.0. The van der Waals surface area contributed by atoms with E-state index in [9.17, 15) is 13.2 Å². The van der Waals surface area contributed by atoms with Crippen LogP contribution in [0.5, 0.6) is 0 Å². The fourth-order valence-corrected chi connectivity index (χ4v) is 7.87. The Morgan fingerprint density at radius 2 is 1.53 bits per heavy atom. The normalized spacial score (nSPS) is 12.4. The molecule has 10 nitrogen and oxygen atoms in total. The molecule has 0 aliphatic heterocycles. The highest BCUT2D eigenvalue weighted by Crippen LogP contribution is 2.28. The summed E-state index contributed by atoms with van der Waals surface area (Å²) in [5.74, 6) is 1.94. The van der Waals surface area contributed by atoms with E-state index in [0.29, 0.717) is 35.8 Å². The van der Waals surface area contributed by atoms with Crippen molar-refractivity contribution in [2.24, 2.45) is 0 Å². The lowest BCUT2D eigenvalue weighted by Gasteiger charge is -2.20. The van der Waals surface area contributed by atoms with Gasteiger partial charge in [-0.2, -0.15) is 4.98 Å². The Morgan fingerprint density at radius 3 is 2.25 bits per heavy atom. The Balaban J connectivity index is 1.22. The molecule has 0 amide bonds. The minimum absolute atomic E-state index is 0.0725. The van der Waals surface area contributed by atoms with Crippen LogP contribution in [0.1, 0.15) is 63.4 Å². The first-order chi connectivity index (χ1) is 24.2. The Bertz CT molecular complexity index is 2590. The summed E-state index contributed by atoms with van der Waals surface area (Å²) in [4.78, 5) is 23.7. The maximum atomic E-state index is 14.2. The van der Waals surface area contributed by atoms with Crippen LogP contribution in [0.3, 0.4) is 0 Å². The minimum atomic E-state index is -3.70. The van der Waals surface area contributed by atoms with E-state index < -0.39 is 15.6 Å². The fourth-order valence-electron chi connectivity index (χ4n) is 6.40. The summed E-state index contributed by atoms with van der Waals surface area (Å²) in [6.07, 6.45) is 1.81. The van der Waals surface area contributed by atoms with Crippen molar-refractivity contribution in [1.82, 2.24) is 29.0 Å². The van der Waals surface area contributed by atoms with Crippen molar-refractivity contribution in [2.45, 2.75) is 71.0 Å². The molecule has 51 heavy (non-hydrogen) atoms. The number of rotatable bonds is 9. The first-order valence-corrected chi connectivity index (χ1v) is 18.4. The van der Waals surface area contributed by atoms with Gasteiger partial charge >= 0.3 is 0 Å². The molecule has 1 N–H and O–H groups in total. The largest absolute Gasteiger partial charge is 0.339 e. The van der Waals surface area contributed by atoms with Gasteiger partial charge in [-0.1, -0.05) is 73.6 Å². The molecule has 0 atom stereocenters. The van der Waals surface area contributed by atoms with E-state index in [-0.39, 0.29) is 16.4 Å². The molecule has 0 fully saturated rings. The molecule has 0 unspecified atom stereocenters. The van der Waals surface area contributed by atoms with Gasteiger partial charge in [-0.15, -0.1) is 0 Å². The summed E-state index contributed by atoms with van der Waals surface area (Å²) >= 11 is 0. The molecule has 0 radical (unpaired) electrons. The number of benzene rings is 4. The molecule has 0 bridgehead atoms. The van der Waals surface area contributed by atoms with Gasteiger partial charge in [-0.25, -0.2) is 18.1 Å². The van der Waals surface area contributed by atoms with E-state index in [1.807, 2.05) is 92.2 Å². The molecular weight excluding hydrogens is 661 g/mol. The van der Waals surface area contributed by atoms with E-state index in [2.05, 4.69) is 40.8 Å². The number of aryl methyl sites for hydroxylation is 1. The highest BCUT2D eigenvalue weighted by molar-refractivity contribution is 7.89.